The Labute approximate surface area is 208 Å². The van der Waals surface area contributed by atoms with Gasteiger partial charge in [0.05, 0.1) is 6.61 Å². The van der Waals surface area contributed by atoms with Crippen molar-refractivity contribution in [3.05, 3.63) is 84.0 Å². The number of para-hydroxylation sites is 1. The van der Waals surface area contributed by atoms with Crippen molar-refractivity contribution in [1.29, 1.82) is 0 Å². The first-order chi connectivity index (χ1) is 17.0. The number of hydrogen-bond acceptors (Lipinski definition) is 5. The standard InChI is InChI=1S/C29H35N3O3/c1-3-35-28(34)29(16-13-24(14-17-29)23-9-5-4-6-10-23)27(33)30-18-15-25-11-7-8-12-26(25)32-21-19-31(2)20-22-32/h4-14,16H,3,15,17-22H2,1-2H3,(H,30,33). The highest BCUT2D eigenvalue weighted by Crippen LogP contribution is 2.35. The van der Waals surface area contributed by atoms with Gasteiger partial charge in [-0.25, -0.2) is 0 Å². The van der Waals surface area contributed by atoms with Crippen molar-refractivity contribution < 1.29 is 14.3 Å². The Bertz CT molecular complexity index is 1090. The minimum atomic E-state index is -1.34. The lowest BCUT2D eigenvalue weighted by molar-refractivity contribution is -0.157. The molecule has 35 heavy (non-hydrogen) atoms. The van der Waals surface area contributed by atoms with E-state index in [1.165, 1.54) is 11.3 Å². The number of piperazine rings is 1. The summed E-state index contributed by atoms with van der Waals surface area (Å²) in [5.41, 5.74) is 3.14. The van der Waals surface area contributed by atoms with Gasteiger partial charge in [0.25, 0.3) is 0 Å². The lowest BCUT2D eigenvalue weighted by Gasteiger charge is -2.35. The van der Waals surface area contributed by atoms with Crippen LogP contribution in [0.2, 0.25) is 0 Å². The number of allylic oxidation sites excluding steroid dienone is 3. The third-order valence-electron chi connectivity index (χ3n) is 6.86. The fourth-order valence-corrected chi connectivity index (χ4v) is 4.70. The van der Waals surface area contributed by atoms with E-state index in [1.54, 1.807) is 13.0 Å². The third kappa shape index (κ3) is 5.65. The average molecular weight is 474 g/mol. The molecule has 0 aromatic heterocycles. The highest BCUT2D eigenvalue weighted by atomic mass is 16.5. The molecule has 2 aromatic carbocycles. The molecule has 1 aliphatic heterocycles. The zero-order valence-electron chi connectivity index (χ0n) is 20.7. The van der Waals surface area contributed by atoms with E-state index in [4.69, 9.17) is 4.74 Å². The fraction of sp³-hybridized carbons (Fsp3) is 0.379. The van der Waals surface area contributed by atoms with Gasteiger partial charge in [-0.2, -0.15) is 0 Å². The Morgan fingerprint density at radius 1 is 1.00 bits per heavy atom. The molecular formula is C29H35N3O3. The van der Waals surface area contributed by atoms with E-state index in [-0.39, 0.29) is 18.9 Å². The van der Waals surface area contributed by atoms with Crippen LogP contribution < -0.4 is 10.2 Å². The molecule has 4 rings (SSSR count). The predicted molar refractivity (Wildman–Crippen MR) is 140 cm³/mol. The minimum absolute atomic E-state index is 0.232. The highest BCUT2D eigenvalue weighted by Gasteiger charge is 2.45. The lowest BCUT2D eigenvalue weighted by atomic mass is 9.78. The van der Waals surface area contributed by atoms with E-state index < -0.39 is 11.4 Å². The van der Waals surface area contributed by atoms with Crippen LogP contribution in [0.4, 0.5) is 5.69 Å². The fourth-order valence-electron chi connectivity index (χ4n) is 4.70. The van der Waals surface area contributed by atoms with Crippen molar-refractivity contribution >= 4 is 23.1 Å². The van der Waals surface area contributed by atoms with E-state index >= 15 is 0 Å². The molecule has 0 bridgehead atoms. The maximum Gasteiger partial charge on any atom is 0.325 e. The molecule has 1 amide bonds. The molecule has 0 saturated carbocycles. The number of benzene rings is 2. The summed E-state index contributed by atoms with van der Waals surface area (Å²) < 4.78 is 5.33. The van der Waals surface area contributed by atoms with E-state index in [9.17, 15) is 9.59 Å². The molecule has 0 spiro atoms. The van der Waals surface area contributed by atoms with Gasteiger partial charge in [0.15, 0.2) is 5.41 Å². The summed E-state index contributed by atoms with van der Waals surface area (Å²) in [5, 5.41) is 3.03. The number of amides is 1. The maximum atomic E-state index is 13.4. The van der Waals surface area contributed by atoms with Crippen molar-refractivity contribution in [2.24, 2.45) is 5.41 Å². The van der Waals surface area contributed by atoms with Gasteiger partial charge >= 0.3 is 5.97 Å². The molecule has 1 aliphatic carbocycles. The number of ether oxygens (including phenoxy) is 1. The van der Waals surface area contributed by atoms with Crippen LogP contribution in [-0.4, -0.2) is 63.2 Å². The minimum Gasteiger partial charge on any atom is -0.465 e. The third-order valence-corrected chi connectivity index (χ3v) is 6.86. The largest absolute Gasteiger partial charge is 0.465 e. The van der Waals surface area contributed by atoms with Gasteiger partial charge in [-0.15, -0.1) is 0 Å². The number of anilines is 1. The summed E-state index contributed by atoms with van der Waals surface area (Å²) >= 11 is 0. The monoisotopic (exact) mass is 473 g/mol. The summed E-state index contributed by atoms with van der Waals surface area (Å²) in [6.07, 6.45) is 6.49. The molecule has 6 heteroatoms. The van der Waals surface area contributed by atoms with Crippen LogP contribution in [0, 0.1) is 5.41 Å². The molecule has 1 saturated heterocycles. The summed E-state index contributed by atoms with van der Waals surface area (Å²) in [7, 11) is 2.15. The van der Waals surface area contributed by atoms with Gasteiger partial charge in [-0.3, -0.25) is 9.59 Å². The number of nitrogens with one attached hydrogen (secondary N) is 1. The molecule has 2 aliphatic rings. The van der Waals surface area contributed by atoms with Gasteiger partial charge < -0.3 is 19.9 Å². The topological polar surface area (TPSA) is 61.9 Å². The maximum absolute atomic E-state index is 13.4. The molecule has 1 atom stereocenters. The Morgan fingerprint density at radius 2 is 1.71 bits per heavy atom. The molecule has 2 aromatic rings. The van der Waals surface area contributed by atoms with Crippen LogP contribution in [0.3, 0.4) is 0 Å². The number of carbonyl (C=O) groups excluding carboxylic acids is 2. The number of rotatable bonds is 8. The van der Waals surface area contributed by atoms with Crippen LogP contribution in [0.15, 0.2) is 72.8 Å². The lowest BCUT2D eigenvalue weighted by Crippen LogP contribution is -2.47. The van der Waals surface area contributed by atoms with Crippen LogP contribution in [0.25, 0.3) is 5.57 Å². The van der Waals surface area contributed by atoms with Gasteiger partial charge in [-0.1, -0.05) is 66.8 Å². The first-order valence-electron chi connectivity index (χ1n) is 12.5. The van der Waals surface area contributed by atoms with Gasteiger partial charge in [0.1, 0.15) is 0 Å². The first-order valence-corrected chi connectivity index (χ1v) is 12.5. The van der Waals surface area contributed by atoms with Crippen molar-refractivity contribution in [1.82, 2.24) is 10.2 Å². The second-order valence-corrected chi connectivity index (χ2v) is 9.18. The smallest absolute Gasteiger partial charge is 0.325 e. The highest BCUT2D eigenvalue weighted by molar-refractivity contribution is 6.06. The van der Waals surface area contributed by atoms with Crippen LogP contribution in [0.5, 0.6) is 0 Å². The van der Waals surface area contributed by atoms with E-state index in [2.05, 4.69) is 40.4 Å². The summed E-state index contributed by atoms with van der Waals surface area (Å²) in [6.45, 7) is 6.51. The summed E-state index contributed by atoms with van der Waals surface area (Å²) in [4.78, 5) is 31.1. The van der Waals surface area contributed by atoms with Crippen molar-refractivity contribution in [3.8, 4) is 0 Å². The van der Waals surface area contributed by atoms with E-state index in [0.29, 0.717) is 13.0 Å². The predicted octanol–water partition coefficient (Wildman–Crippen LogP) is 3.69. The number of hydrogen-bond donors (Lipinski definition) is 1. The second kappa shape index (κ2) is 11.4. The second-order valence-electron chi connectivity index (χ2n) is 9.18. The van der Waals surface area contributed by atoms with Crippen LogP contribution in [-0.2, 0) is 20.7 Å². The van der Waals surface area contributed by atoms with Crippen molar-refractivity contribution in [2.45, 2.75) is 19.8 Å². The molecule has 0 radical (unpaired) electrons. The quantitative estimate of drug-likeness (QED) is 0.468. The number of likely N-dealkylation sites (N-methyl/N-ethyl adjacent to an activating group) is 1. The molecule has 1 fully saturated rings. The Balaban J connectivity index is 1.44. The van der Waals surface area contributed by atoms with Gasteiger partial charge in [0.2, 0.25) is 5.91 Å². The van der Waals surface area contributed by atoms with Crippen LogP contribution >= 0.6 is 0 Å². The molecule has 184 valence electrons. The molecular weight excluding hydrogens is 438 g/mol. The van der Waals surface area contributed by atoms with Gasteiger partial charge in [0, 0.05) is 38.4 Å². The first kappa shape index (κ1) is 24.7. The van der Waals surface area contributed by atoms with Crippen molar-refractivity contribution in [3.63, 3.8) is 0 Å². The Hall–Kier alpha value is -3.38. The molecule has 1 N–H and O–H groups in total. The average Bonchev–Trinajstić information content (AvgIpc) is 2.90. The van der Waals surface area contributed by atoms with E-state index in [1.807, 2.05) is 48.6 Å². The molecule has 1 unspecified atom stereocenters. The van der Waals surface area contributed by atoms with E-state index in [0.717, 1.165) is 37.3 Å². The zero-order chi connectivity index (χ0) is 24.7. The number of carbonyl (C=O) groups is 2. The molecule has 6 nitrogen and oxygen atoms in total. The number of nitrogens with zero attached hydrogens (tertiary/aromatic N) is 2. The summed E-state index contributed by atoms with van der Waals surface area (Å²) in [6, 6.07) is 18.3. The van der Waals surface area contributed by atoms with Crippen LogP contribution in [0.1, 0.15) is 24.5 Å². The zero-order valence-corrected chi connectivity index (χ0v) is 20.7. The SMILES string of the molecule is CCOC(=O)C1(C(=O)NCCc2ccccc2N2CCN(C)CC2)C=CC(c2ccccc2)=CC1. The normalized spacial score (nSPS) is 20.3. The van der Waals surface area contributed by atoms with Gasteiger partial charge in [-0.05, 0) is 49.6 Å². The Kier molecular flexibility index (Phi) is 8.03. The number of esters is 1. The summed E-state index contributed by atoms with van der Waals surface area (Å²) in [5.74, 6) is -0.817. The van der Waals surface area contributed by atoms with Crippen molar-refractivity contribution in [2.75, 3.05) is 51.3 Å². The molecule has 1 heterocycles. The Morgan fingerprint density at radius 3 is 2.40 bits per heavy atom.